The van der Waals surface area contributed by atoms with Gasteiger partial charge in [0, 0.05) is 0 Å². The molecule has 2 heteroatoms. The molecule has 5 atom stereocenters. The Bertz CT molecular complexity index is 820. The van der Waals surface area contributed by atoms with Gasteiger partial charge in [0.2, 0.25) is 0 Å². The van der Waals surface area contributed by atoms with E-state index in [-0.39, 0.29) is 0 Å². The van der Waals surface area contributed by atoms with Crippen molar-refractivity contribution in [2.45, 2.75) is 54.2 Å². The molecule has 0 aromatic heterocycles. The van der Waals surface area contributed by atoms with Crippen molar-refractivity contribution in [3.63, 3.8) is 0 Å². The Balaban J connectivity index is 2.20. The predicted molar refractivity (Wildman–Crippen MR) is 45.3 cm³/mol. The molecule has 10 rings (SSSR count). The van der Waals surface area contributed by atoms with E-state index in [1.165, 1.54) is 38.5 Å². The fourth-order valence-corrected chi connectivity index (χ4v) is 93.4. The van der Waals surface area contributed by atoms with Crippen LogP contribution < -0.4 is 5.73 Å². The van der Waals surface area contributed by atoms with Crippen LogP contribution in [0.25, 0.3) is 0 Å². The van der Waals surface area contributed by atoms with Crippen molar-refractivity contribution in [1.82, 2.24) is 0 Å². The van der Waals surface area contributed by atoms with Gasteiger partial charge in [-0.05, 0) is 0 Å². The van der Waals surface area contributed by atoms with Crippen molar-refractivity contribution in [3.8, 4) is 0 Å². The zero-order valence-corrected chi connectivity index (χ0v) is 8.65. The zero-order valence-electron chi connectivity index (χ0n) is 7.55. The second-order valence-electron chi connectivity index (χ2n) is 10.2. The van der Waals surface area contributed by atoms with Gasteiger partial charge in [0.05, 0.1) is 0 Å². The molecule has 13 heavy (non-hydrogen) atoms. The van der Waals surface area contributed by atoms with Crippen LogP contribution in [0.4, 0.5) is 0 Å². The summed E-state index contributed by atoms with van der Waals surface area (Å²) in [5, 5.41) is 0. The molecule has 10 fully saturated rings. The minimum absolute atomic E-state index is 0.631. The molecule has 5 unspecified atom stereocenters. The van der Waals surface area contributed by atoms with E-state index in [1.54, 1.807) is 0 Å². The molecule has 0 aromatic carbocycles. The van der Waals surface area contributed by atoms with Gasteiger partial charge in [0.15, 0.2) is 0 Å². The maximum atomic E-state index is 6.99. The summed E-state index contributed by atoms with van der Waals surface area (Å²) >= 11 is 0. The molecule has 10 heterocycles. The minimum atomic E-state index is -2.84. The molecule has 0 amide bonds. The molecule has 0 saturated carbocycles. The average molecular weight is 215 g/mol. The first kappa shape index (κ1) is 4.15. The topological polar surface area (TPSA) is 26.0 Å². The Hall–Kier alpha value is 0.479. The van der Waals surface area contributed by atoms with Crippen molar-refractivity contribution in [3.05, 3.63) is 0 Å². The van der Waals surface area contributed by atoms with E-state index in [9.17, 15) is 0 Å². The first-order valence-electron chi connectivity index (χ1n) is 5.94. The van der Waals surface area contributed by atoms with E-state index >= 15 is 0 Å². The number of hydrogen-bond donors (Lipinski definition) is 1. The van der Waals surface area contributed by atoms with Crippen LogP contribution in [0.3, 0.4) is 0 Å². The summed E-state index contributed by atoms with van der Waals surface area (Å²) in [5.41, 5.74) is 6.99. The van der Waals surface area contributed by atoms with Crippen LogP contribution >= 0.6 is 0 Å². The fourth-order valence-electron chi connectivity index (χ4n) is 17.7. The van der Waals surface area contributed by atoms with Crippen LogP contribution in [0.15, 0.2) is 0 Å². The second kappa shape index (κ2) is 0.248. The molecule has 2 N–H and O–H groups in total. The van der Waals surface area contributed by atoms with Crippen LogP contribution in [-0.2, 0) is 6.51 Å². The van der Waals surface area contributed by atoms with E-state index in [4.69, 9.17) is 5.73 Å². The summed E-state index contributed by atoms with van der Waals surface area (Å²) in [5.74, 6) is 0. The third-order valence-electron chi connectivity index (χ3n) is 15.8. The van der Waals surface area contributed by atoms with Crippen molar-refractivity contribution in [1.29, 1.82) is 0 Å². The monoisotopic (exact) mass is 215 g/mol. The maximum absolute atomic E-state index is 6.99. The molecule has 10 saturated heterocycles. The number of hydrogen-bond acceptors (Lipinski definition) is 1. The van der Waals surface area contributed by atoms with Gasteiger partial charge in [-0.1, -0.05) is 0 Å². The van der Waals surface area contributed by atoms with Gasteiger partial charge in [0.25, 0.3) is 0 Å². The number of rotatable bonds is 0. The van der Waals surface area contributed by atoms with E-state index in [1.807, 2.05) is 0 Å². The molecule has 0 bridgehead atoms. The summed E-state index contributed by atoms with van der Waals surface area (Å²) < 4.78 is 1.54. The summed E-state index contributed by atoms with van der Waals surface area (Å²) in [6, 6.07) is 0. The molecule has 1 nitrogen and oxygen atoms in total. The first-order valence-corrected chi connectivity index (χ1v) is 12.1. The molecule has 10 aliphatic heterocycles. The SMILES string of the molecule is C[C]12[CH]3[CH]4[CH]5[C]1(N)[Fe]43521678[CH]2[CH]1[CH]6[CH]7[CH]28. The molecule has 0 aliphatic carbocycles. The standard InChI is InChI=1S/C6H8N.C5H5.Fe/c1-5-3-2-4-6(5)7;1-2-4-5-3-1;/h2-4H,7H2,1H3;1-5H;. The second-order valence-corrected chi connectivity index (χ2v) is 33.7. The van der Waals surface area contributed by atoms with Gasteiger partial charge in [-0.25, -0.2) is 0 Å². The van der Waals surface area contributed by atoms with Gasteiger partial charge < -0.3 is 0 Å². The quantitative estimate of drug-likeness (QED) is 0.617. The molecule has 10 aliphatic rings. The van der Waals surface area contributed by atoms with Crippen LogP contribution in [0.1, 0.15) is 6.92 Å². The van der Waals surface area contributed by atoms with E-state index in [0.717, 1.165) is 4.31 Å². The predicted octanol–water partition coefficient (Wildman–Crippen LogP) is 2.63. The van der Waals surface area contributed by atoms with Gasteiger partial charge in [-0.15, -0.1) is 0 Å². The Morgan fingerprint density at radius 2 is 1.46 bits per heavy atom. The third-order valence-corrected chi connectivity index (χ3v) is 59.9. The van der Waals surface area contributed by atoms with Crippen LogP contribution in [-0.4, -0.2) is 4.44 Å². The van der Waals surface area contributed by atoms with E-state index in [0.29, 0.717) is 4.44 Å². The zero-order chi connectivity index (χ0) is 7.94. The van der Waals surface area contributed by atoms with E-state index < -0.39 is 6.51 Å². The fraction of sp³-hybridized carbons (Fsp3) is 1.00. The summed E-state index contributed by atoms with van der Waals surface area (Å²) in [6.07, 6.45) is 0. The molecule has 0 radical (unpaired) electrons. The Morgan fingerprint density at radius 1 is 0.923 bits per heavy atom. The first-order chi connectivity index (χ1) is 5.94. The van der Waals surface area contributed by atoms with Crippen molar-refractivity contribution < 1.29 is 6.51 Å². The van der Waals surface area contributed by atoms with Gasteiger partial charge in [0.1, 0.15) is 0 Å². The Labute approximate surface area is 66.7 Å². The van der Waals surface area contributed by atoms with Crippen LogP contribution in [0.2, 0.25) is 42.8 Å². The van der Waals surface area contributed by atoms with Crippen LogP contribution in [0, 0.1) is 0 Å². The average Bonchev–Trinajstić information content (AvgIpc) is 3.02. The Kier molecular flexibility index (Phi) is 0.0792. The third kappa shape index (κ3) is 0.0265. The summed E-state index contributed by atoms with van der Waals surface area (Å²) in [7, 11) is 0. The van der Waals surface area contributed by atoms with Crippen LogP contribution in [0.5, 0.6) is 0 Å². The molecule has 70 valence electrons. The van der Waals surface area contributed by atoms with Gasteiger partial charge in [-0.3, -0.25) is 0 Å². The normalized spacial score (nSPS) is 158. The van der Waals surface area contributed by atoms with Crippen molar-refractivity contribution in [2.24, 2.45) is 5.73 Å². The summed E-state index contributed by atoms with van der Waals surface area (Å²) in [4.78, 5) is 11.1. The Morgan fingerprint density at radius 3 is 1.46 bits per heavy atom. The van der Waals surface area contributed by atoms with Gasteiger partial charge >= 0.3 is 66.4 Å². The van der Waals surface area contributed by atoms with Crippen molar-refractivity contribution >= 4 is 0 Å². The number of fused-ring (bicyclic) bond motifs is 10. The van der Waals surface area contributed by atoms with Crippen molar-refractivity contribution in [2.75, 3.05) is 0 Å². The summed E-state index contributed by atoms with van der Waals surface area (Å²) in [6.45, 7) is -0.141. The molecular formula is C11H13FeN. The molecule has 1 spiro atoms. The number of nitrogens with two attached hydrogens (primary N) is 1. The molecular weight excluding hydrogens is 202 g/mol. The van der Waals surface area contributed by atoms with E-state index in [2.05, 4.69) is 6.92 Å². The van der Waals surface area contributed by atoms with Gasteiger partial charge in [-0.2, -0.15) is 0 Å². The molecule has 0 aromatic rings.